The Morgan fingerprint density at radius 1 is 0.786 bits per heavy atom. The topological polar surface area (TPSA) is 0 Å². The summed E-state index contributed by atoms with van der Waals surface area (Å²) in [5.74, 6) is 0.522. The van der Waals surface area contributed by atoms with Crippen LogP contribution in [0.15, 0.2) is 47.6 Å². The SMILES string of the molecule is CC(C)(C)c1[c-]c2c(cc1)-c1ccc(C(C)(C)C)cc1C2.CCC1=[C-]C(C)C=C1C(C)(C)C.[Cl-].[Cl-].[Zr+2]=[C]1CCCCC1. The molecule has 42 heavy (non-hydrogen) atoms. The van der Waals surface area contributed by atoms with Crippen LogP contribution >= 0.6 is 0 Å². The molecule has 0 bridgehead atoms. The summed E-state index contributed by atoms with van der Waals surface area (Å²) < 4.78 is 1.80. The minimum atomic E-state index is 0. The van der Waals surface area contributed by atoms with E-state index in [1.165, 1.54) is 76.6 Å². The van der Waals surface area contributed by atoms with Crippen LogP contribution in [0.1, 0.15) is 137 Å². The number of halogens is 2. The molecule has 3 aliphatic rings. The van der Waals surface area contributed by atoms with Gasteiger partial charge < -0.3 is 24.8 Å². The first-order valence-electron chi connectivity index (χ1n) is 15.6. The fourth-order valence-corrected chi connectivity index (χ4v) is 6.62. The Bertz CT molecular complexity index is 1190. The van der Waals surface area contributed by atoms with E-state index >= 15 is 0 Å². The van der Waals surface area contributed by atoms with E-state index in [9.17, 15) is 0 Å². The summed E-state index contributed by atoms with van der Waals surface area (Å²) in [7, 11) is 0. The zero-order valence-corrected chi connectivity index (χ0v) is 32.2. The Labute approximate surface area is 286 Å². The van der Waals surface area contributed by atoms with Gasteiger partial charge in [0.15, 0.2) is 0 Å². The summed E-state index contributed by atoms with van der Waals surface area (Å²) in [6.07, 6.45) is 15.3. The van der Waals surface area contributed by atoms with E-state index in [4.69, 9.17) is 0 Å². The molecule has 5 rings (SSSR count). The van der Waals surface area contributed by atoms with Crippen LogP contribution in [-0.4, -0.2) is 3.21 Å². The van der Waals surface area contributed by atoms with Crippen molar-refractivity contribution in [3.63, 3.8) is 0 Å². The molecule has 2 aromatic rings. The molecule has 0 amide bonds. The molecule has 0 nitrogen and oxygen atoms in total. The molecule has 0 aliphatic heterocycles. The van der Waals surface area contributed by atoms with E-state index in [0.29, 0.717) is 11.3 Å². The maximum absolute atomic E-state index is 3.67. The summed E-state index contributed by atoms with van der Waals surface area (Å²) in [6, 6.07) is 15.2. The first-order valence-corrected chi connectivity index (χ1v) is 16.8. The Kier molecular flexibility index (Phi) is 15.0. The van der Waals surface area contributed by atoms with Crippen LogP contribution in [-0.2, 0) is 41.5 Å². The van der Waals surface area contributed by atoms with Gasteiger partial charge in [-0.15, -0.1) is 11.1 Å². The van der Waals surface area contributed by atoms with Gasteiger partial charge in [-0.05, 0) is 28.4 Å². The van der Waals surface area contributed by atoms with E-state index in [1.807, 2.05) is 0 Å². The van der Waals surface area contributed by atoms with E-state index in [-0.39, 0.29) is 35.6 Å². The zero-order chi connectivity index (χ0) is 29.9. The van der Waals surface area contributed by atoms with Crippen LogP contribution in [0.3, 0.4) is 0 Å². The summed E-state index contributed by atoms with van der Waals surface area (Å²) >= 11 is 1.69. The molecule has 3 aliphatic carbocycles. The van der Waals surface area contributed by atoms with E-state index in [0.717, 1.165) is 12.8 Å². The normalized spacial score (nSPS) is 17.6. The van der Waals surface area contributed by atoms with Crippen LogP contribution in [0.25, 0.3) is 11.1 Å². The molecule has 0 saturated heterocycles. The van der Waals surface area contributed by atoms with Crippen molar-refractivity contribution in [2.75, 3.05) is 0 Å². The van der Waals surface area contributed by atoms with Crippen LogP contribution in [0.4, 0.5) is 0 Å². The molecule has 2 aromatic carbocycles. The van der Waals surface area contributed by atoms with Gasteiger partial charge in [-0.3, -0.25) is 6.08 Å². The molecule has 1 saturated carbocycles. The maximum atomic E-state index is 3.67. The van der Waals surface area contributed by atoms with Gasteiger partial charge >= 0.3 is 59.5 Å². The van der Waals surface area contributed by atoms with Crippen molar-refractivity contribution in [2.45, 2.75) is 132 Å². The van der Waals surface area contributed by atoms with Gasteiger partial charge in [0.2, 0.25) is 0 Å². The number of hydrogen-bond donors (Lipinski definition) is 0. The quantitative estimate of drug-likeness (QED) is 0.314. The Balaban J connectivity index is 0.000000356. The van der Waals surface area contributed by atoms with Gasteiger partial charge in [0.05, 0.1) is 0 Å². The third-order valence-electron chi connectivity index (χ3n) is 8.23. The first kappa shape index (κ1) is 39.3. The second-order valence-corrected chi connectivity index (χ2v) is 16.8. The fraction of sp³-hybridized carbons (Fsp3) is 0.564. The average Bonchev–Trinajstić information content (AvgIpc) is 3.43. The van der Waals surface area contributed by atoms with Crippen LogP contribution in [0, 0.1) is 23.5 Å². The van der Waals surface area contributed by atoms with Crippen molar-refractivity contribution in [1.82, 2.24) is 0 Å². The molecule has 1 atom stereocenters. The fourth-order valence-electron chi connectivity index (χ4n) is 5.75. The third kappa shape index (κ3) is 10.7. The Morgan fingerprint density at radius 2 is 1.38 bits per heavy atom. The minimum absolute atomic E-state index is 0. The van der Waals surface area contributed by atoms with Gasteiger partial charge in [0.1, 0.15) is 0 Å². The van der Waals surface area contributed by atoms with E-state index in [1.54, 1.807) is 27.4 Å². The van der Waals surface area contributed by atoms with Crippen molar-refractivity contribution in [3.8, 4) is 11.1 Å². The molecule has 0 spiro atoms. The summed E-state index contributed by atoms with van der Waals surface area (Å²) in [4.78, 5) is 0. The number of fused-ring (bicyclic) bond motifs is 3. The summed E-state index contributed by atoms with van der Waals surface area (Å²) in [5, 5.41) is 0. The van der Waals surface area contributed by atoms with Crippen LogP contribution in [0.5, 0.6) is 0 Å². The van der Waals surface area contributed by atoms with Gasteiger partial charge in [-0.1, -0.05) is 118 Å². The van der Waals surface area contributed by atoms with Gasteiger partial charge in [-0.25, -0.2) is 5.57 Å². The van der Waals surface area contributed by atoms with Crippen LogP contribution < -0.4 is 24.8 Å². The molecule has 0 heterocycles. The summed E-state index contributed by atoms with van der Waals surface area (Å²) in [6.45, 7) is 24.8. The van der Waals surface area contributed by atoms with Gasteiger partial charge in [0.25, 0.3) is 0 Å². The average molecular weight is 685 g/mol. The predicted molar refractivity (Wildman–Crippen MR) is 173 cm³/mol. The Hall–Kier alpha value is -0.747. The van der Waals surface area contributed by atoms with Gasteiger partial charge in [0, 0.05) is 0 Å². The molecular formula is C39H54Cl2Zr-2. The molecule has 3 heteroatoms. The van der Waals surface area contributed by atoms with Crippen molar-refractivity contribution in [2.24, 2.45) is 11.3 Å². The standard InChI is InChI=1S/C21H25.C12H19.C6H10.2ClH.Zr/c1-20(2,3)16-7-9-18-14(12-16)11-15-13-17(21(4,5)6)8-10-19(15)18;1-6-10-7-9(2)8-11(10)12(3,4)5;1-2-4-6-5-3-1;;;/h7-10,12H,11H2,1-6H3;8-9H,6H2,1-5H3;1-5H2;2*1H;/q2*-1;;;;+2/p-2. The first-order chi connectivity index (χ1) is 18.5. The number of benzene rings is 2. The van der Waals surface area contributed by atoms with Crippen molar-refractivity contribution in [3.05, 3.63) is 82.0 Å². The number of rotatable bonds is 1. The predicted octanol–water partition coefficient (Wildman–Crippen LogP) is 5.08. The molecule has 1 fully saturated rings. The third-order valence-corrected chi connectivity index (χ3v) is 9.46. The van der Waals surface area contributed by atoms with Crippen molar-refractivity contribution >= 4 is 3.21 Å². The van der Waals surface area contributed by atoms with E-state index in [2.05, 4.69) is 125 Å². The molecule has 230 valence electrons. The van der Waals surface area contributed by atoms with Crippen molar-refractivity contribution < 1.29 is 49.0 Å². The van der Waals surface area contributed by atoms with Crippen molar-refractivity contribution in [1.29, 1.82) is 0 Å². The molecule has 1 unspecified atom stereocenters. The monoisotopic (exact) mass is 682 g/mol. The number of hydrogen-bond acceptors (Lipinski definition) is 0. The second kappa shape index (κ2) is 16.0. The molecular weight excluding hydrogens is 631 g/mol. The van der Waals surface area contributed by atoms with E-state index < -0.39 is 0 Å². The van der Waals surface area contributed by atoms with Crippen LogP contribution in [0.2, 0.25) is 0 Å². The second-order valence-electron chi connectivity index (χ2n) is 15.1. The molecule has 0 aromatic heterocycles. The zero-order valence-electron chi connectivity index (χ0n) is 28.2. The summed E-state index contributed by atoms with van der Waals surface area (Å²) in [5.41, 5.74) is 11.9. The van der Waals surface area contributed by atoms with Gasteiger partial charge in [-0.2, -0.15) is 35.4 Å². The molecule has 0 radical (unpaired) electrons. The number of allylic oxidation sites excluding steroid dienone is 4. The Morgan fingerprint density at radius 3 is 1.83 bits per heavy atom. The molecule has 0 N–H and O–H groups in total.